The Kier molecular flexibility index (Phi) is 5.44. The van der Waals surface area contributed by atoms with E-state index >= 15 is 0 Å². The number of hydrogen-bond acceptors (Lipinski definition) is 4. The van der Waals surface area contributed by atoms with E-state index in [0.29, 0.717) is 26.1 Å². The number of para-hydroxylation sites is 1. The first kappa shape index (κ1) is 19.3. The second kappa shape index (κ2) is 7.62. The molecule has 3 rings (SSSR count). The Bertz CT molecular complexity index is 821. The van der Waals surface area contributed by atoms with Gasteiger partial charge in [0, 0.05) is 24.8 Å². The number of piperidine rings is 1. The normalized spacial score (nSPS) is 20.5. The third-order valence-corrected chi connectivity index (χ3v) is 4.80. The molecule has 0 bridgehead atoms. The molecule has 1 amide bonds. The molecule has 0 radical (unpaired) electrons. The van der Waals surface area contributed by atoms with E-state index in [-0.39, 0.29) is 18.1 Å². The van der Waals surface area contributed by atoms with E-state index < -0.39 is 11.5 Å². The standard InChI is InChI=1S/C21H28N2O4/c1-5-26-19(24)16-14-22(20(25)27-21(2,3)4)12-11-18(16)23-13-10-15-8-6-7-9-17(15)23/h6-10,13,16,18H,5,11-12,14H2,1-4H3. The monoisotopic (exact) mass is 372 g/mol. The number of nitrogens with zero attached hydrogens (tertiary/aromatic N) is 2. The van der Waals surface area contributed by atoms with Gasteiger partial charge in [0.1, 0.15) is 5.60 Å². The Morgan fingerprint density at radius 1 is 1.19 bits per heavy atom. The lowest BCUT2D eigenvalue weighted by atomic mass is 9.91. The van der Waals surface area contributed by atoms with Crippen LogP contribution >= 0.6 is 0 Å². The summed E-state index contributed by atoms with van der Waals surface area (Å²) in [4.78, 5) is 26.8. The number of amides is 1. The third-order valence-electron chi connectivity index (χ3n) is 4.80. The number of rotatable bonds is 3. The van der Waals surface area contributed by atoms with Gasteiger partial charge in [-0.05, 0) is 51.6 Å². The molecular formula is C21H28N2O4. The summed E-state index contributed by atoms with van der Waals surface area (Å²) in [7, 11) is 0. The molecule has 0 aliphatic carbocycles. The van der Waals surface area contributed by atoms with Gasteiger partial charge in [-0.3, -0.25) is 4.79 Å². The van der Waals surface area contributed by atoms with Gasteiger partial charge >= 0.3 is 12.1 Å². The van der Waals surface area contributed by atoms with Crippen LogP contribution in [0.2, 0.25) is 0 Å². The summed E-state index contributed by atoms with van der Waals surface area (Å²) in [6.07, 6.45) is 2.30. The number of carbonyl (C=O) groups is 2. The lowest BCUT2D eigenvalue weighted by Gasteiger charge is -2.38. The first-order chi connectivity index (χ1) is 12.8. The largest absolute Gasteiger partial charge is 0.466 e. The minimum absolute atomic E-state index is 0.0531. The second-order valence-corrected chi connectivity index (χ2v) is 7.92. The van der Waals surface area contributed by atoms with E-state index in [1.165, 1.54) is 0 Å². The maximum Gasteiger partial charge on any atom is 0.410 e. The van der Waals surface area contributed by atoms with Crippen LogP contribution in [0.3, 0.4) is 0 Å². The van der Waals surface area contributed by atoms with Crippen LogP contribution in [0.25, 0.3) is 10.9 Å². The smallest absolute Gasteiger partial charge is 0.410 e. The number of esters is 1. The molecule has 6 nitrogen and oxygen atoms in total. The SMILES string of the molecule is CCOC(=O)C1CN(C(=O)OC(C)(C)C)CCC1n1ccc2ccccc21. The Morgan fingerprint density at radius 2 is 1.93 bits per heavy atom. The van der Waals surface area contributed by atoms with Gasteiger partial charge < -0.3 is 18.9 Å². The summed E-state index contributed by atoms with van der Waals surface area (Å²) in [6.45, 7) is 8.48. The van der Waals surface area contributed by atoms with E-state index in [4.69, 9.17) is 9.47 Å². The van der Waals surface area contributed by atoms with Crippen LogP contribution in [0.4, 0.5) is 4.79 Å². The predicted octanol–water partition coefficient (Wildman–Crippen LogP) is 4.00. The van der Waals surface area contributed by atoms with Gasteiger partial charge in [0.2, 0.25) is 0 Å². The number of ether oxygens (including phenoxy) is 2. The fraction of sp³-hybridized carbons (Fsp3) is 0.524. The Hall–Kier alpha value is -2.50. The van der Waals surface area contributed by atoms with Crippen molar-refractivity contribution >= 4 is 23.0 Å². The maximum atomic E-state index is 12.7. The van der Waals surface area contributed by atoms with Crippen molar-refractivity contribution in [3.8, 4) is 0 Å². The molecule has 6 heteroatoms. The average Bonchev–Trinajstić information content (AvgIpc) is 3.04. The van der Waals surface area contributed by atoms with E-state index in [9.17, 15) is 9.59 Å². The van der Waals surface area contributed by atoms with Crippen molar-refractivity contribution < 1.29 is 19.1 Å². The number of aromatic nitrogens is 1. The minimum atomic E-state index is -0.565. The molecule has 0 saturated carbocycles. The highest BCUT2D eigenvalue weighted by Gasteiger charge is 2.39. The molecule has 2 atom stereocenters. The molecule has 2 aromatic rings. The quantitative estimate of drug-likeness (QED) is 0.764. The summed E-state index contributed by atoms with van der Waals surface area (Å²) in [5, 5.41) is 1.13. The molecule has 1 fully saturated rings. The van der Waals surface area contributed by atoms with Crippen molar-refractivity contribution in [2.45, 2.75) is 45.8 Å². The zero-order valence-electron chi connectivity index (χ0n) is 16.5. The van der Waals surface area contributed by atoms with Gasteiger partial charge in [0.05, 0.1) is 18.6 Å². The summed E-state index contributed by atoms with van der Waals surface area (Å²) >= 11 is 0. The number of hydrogen-bond donors (Lipinski definition) is 0. The van der Waals surface area contributed by atoms with Crippen molar-refractivity contribution in [2.75, 3.05) is 19.7 Å². The highest BCUT2D eigenvalue weighted by Crippen LogP contribution is 2.33. The molecule has 1 saturated heterocycles. The lowest BCUT2D eigenvalue weighted by Crippen LogP contribution is -2.48. The number of fused-ring (bicyclic) bond motifs is 1. The van der Waals surface area contributed by atoms with Crippen LogP contribution in [0.15, 0.2) is 36.5 Å². The second-order valence-electron chi connectivity index (χ2n) is 7.92. The van der Waals surface area contributed by atoms with Gasteiger partial charge in [-0.1, -0.05) is 18.2 Å². The fourth-order valence-corrected chi connectivity index (χ4v) is 3.64. The van der Waals surface area contributed by atoms with Gasteiger partial charge in [0.15, 0.2) is 0 Å². The first-order valence-corrected chi connectivity index (χ1v) is 9.50. The zero-order chi connectivity index (χ0) is 19.6. The molecule has 0 N–H and O–H groups in total. The summed E-state index contributed by atoms with van der Waals surface area (Å²) in [6, 6.07) is 10.1. The average molecular weight is 372 g/mol. The fourth-order valence-electron chi connectivity index (χ4n) is 3.64. The topological polar surface area (TPSA) is 60.8 Å². The molecule has 146 valence electrons. The number of likely N-dealkylation sites (tertiary alicyclic amines) is 1. The Labute approximate surface area is 160 Å². The van der Waals surface area contributed by atoms with Gasteiger partial charge in [-0.2, -0.15) is 0 Å². The first-order valence-electron chi connectivity index (χ1n) is 9.50. The molecular weight excluding hydrogens is 344 g/mol. The Morgan fingerprint density at radius 3 is 2.63 bits per heavy atom. The van der Waals surface area contributed by atoms with Gasteiger partial charge in [0.25, 0.3) is 0 Å². The predicted molar refractivity (Wildman–Crippen MR) is 104 cm³/mol. The third kappa shape index (κ3) is 4.26. The van der Waals surface area contributed by atoms with E-state index in [1.807, 2.05) is 39.1 Å². The minimum Gasteiger partial charge on any atom is -0.466 e. The molecule has 1 aliphatic heterocycles. The Balaban J connectivity index is 1.86. The van der Waals surface area contributed by atoms with Crippen LogP contribution in [0.5, 0.6) is 0 Å². The maximum absolute atomic E-state index is 12.7. The molecule has 1 aromatic heterocycles. The van der Waals surface area contributed by atoms with Crippen molar-refractivity contribution in [2.24, 2.45) is 5.92 Å². The van der Waals surface area contributed by atoms with Crippen LogP contribution in [0.1, 0.15) is 40.2 Å². The molecule has 1 aliphatic rings. The highest BCUT2D eigenvalue weighted by molar-refractivity contribution is 5.81. The van der Waals surface area contributed by atoms with E-state index in [0.717, 1.165) is 10.9 Å². The van der Waals surface area contributed by atoms with Crippen molar-refractivity contribution in [1.82, 2.24) is 9.47 Å². The van der Waals surface area contributed by atoms with Gasteiger partial charge in [-0.25, -0.2) is 4.79 Å². The zero-order valence-corrected chi connectivity index (χ0v) is 16.5. The van der Waals surface area contributed by atoms with E-state index in [2.05, 4.69) is 22.8 Å². The van der Waals surface area contributed by atoms with Crippen molar-refractivity contribution in [3.63, 3.8) is 0 Å². The van der Waals surface area contributed by atoms with Crippen molar-refractivity contribution in [1.29, 1.82) is 0 Å². The van der Waals surface area contributed by atoms with Crippen LogP contribution < -0.4 is 0 Å². The summed E-state index contributed by atoms with van der Waals surface area (Å²) in [5.41, 5.74) is 0.520. The van der Waals surface area contributed by atoms with Gasteiger partial charge in [-0.15, -0.1) is 0 Å². The van der Waals surface area contributed by atoms with Crippen LogP contribution in [-0.2, 0) is 14.3 Å². The van der Waals surface area contributed by atoms with Crippen LogP contribution in [-0.4, -0.2) is 46.8 Å². The van der Waals surface area contributed by atoms with Crippen LogP contribution in [0, 0.1) is 5.92 Å². The lowest BCUT2D eigenvalue weighted by molar-refractivity contribution is -0.151. The van der Waals surface area contributed by atoms with Crippen molar-refractivity contribution in [3.05, 3.63) is 36.5 Å². The molecule has 0 spiro atoms. The molecule has 2 unspecified atom stereocenters. The van der Waals surface area contributed by atoms with E-state index in [1.54, 1.807) is 11.8 Å². The number of carbonyl (C=O) groups excluding carboxylic acids is 2. The summed E-state index contributed by atoms with van der Waals surface area (Å²) < 4.78 is 13.0. The number of benzene rings is 1. The highest BCUT2D eigenvalue weighted by atomic mass is 16.6. The molecule has 27 heavy (non-hydrogen) atoms. The summed E-state index contributed by atoms with van der Waals surface area (Å²) in [5.74, 6) is -0.699. The molecule has 2 heterocycles. The molecule has 1 aromatic carbocycles.